The highest BCUT2D eigenvalue weighted by atomic mass is 16.5. The zero-order valence-electron chi connectivity index (χ0n) is 22.5. The third-order valence-electron chi connectivity index (χ3n) is 7.44. The van der Waals surface area contributed by atoms with Crippen LogP contribution in [0, 0.1) is 5.92 Å². The van der Waals surface area contributed by atoms with Crippen molar-refractivity contribution in [2.75, 3.05) is 33.4 Å². The summed E-state index contributed by atoms with van der Waals surface area (Å²) in [6.45, 7) is 6.53. The number of piperidine rings is 1. The highest BCUT2D eigenvalue weighted by Gasteiger charge is 2.30. The fourth-order valence-corrected chi connectivity index (χ4v) is 5.56. The van der Waals surface area contributed by atoms with E-state index in [1.807, 2.05) is 30.9 Å². The molecule has 1 aromatic carbocycles. The van der Waals surface area contributed by atoms with Crippen LogP contribution in [-0.2, 0) is 9.53 Å². The molecular formula is C29H41N3O5. The van der Waals surface area contributed by atoms with Crippen LogP contribution in [0.1, 0.15) is 75.7 Å². The van der Waals surface area contributed by atoms with Gasteiger partial charge in [-0.1, -0.05) is 31.7 Å². The molecule has 1 amide bonds. The molecule has 2 aromatic rings. The zero-order valence-corrected chi connectivity index (χ0v) is 22.5. The van der Waals surface area contributed by atoms with Crippen LogP contribution < -0.4 is 14.8 Å². The molecule has 0 radical (unpaired) electrons. The lowest BCUT2D eigenvalue weighted by atomic mass is 10.0. The Hall–Kier alpha value is -2.71. The Morgan fingerprint density at radius 1 is 1.11 bits per heavy atom. The van der Waals surface area contributed by atoms with E-state index in [0.29, 0.717) is 48.0 Å². The van der Waals surface area contributed by atoms with Crippen molar-refractivity contribution >= 4 is 22.8 Å². The second-order valence-electron chi connectivity index (χ2n) is 10.5. The molecule has 1 saturated heterocycles. The van der Waals surface area contributed by atoms with Crippen LogP contribution >= 0.6 is 0 Å². The van der Waals surface area contributed by atoms with E-state index in [0.717, 1.165) is 32.4 Å². The molecule has 0 bridgehead atoms. The number of amides is 1. The molecule has 37 heavy (non-hydrogen) atoms. The SMILES string of the molecule is COCCOc1cc(C(=O)N(C(C)C)[C@@H]2CCCNC2)nc2c(OC(=O)CCC3CCCC3)cccc12. The number of carbonyl (C=O) groups is 2. The first-order valence-electron chi connectivity index (χ1n) is 13.8. The first-order valence-corrected chi connectivity index (χ1v) is 13.8. The highest BCUT2D eigenvalue weighted by Crippen LogP contribution is 2.34. The van der Waals surface area contributed by atoms with Gasteiger partial charge in [-0.3, -0.25) is 9.59 Å². The molecule has 1 aromatic heterocycles. The van der Waals surface area contributed by atoms with Gasteiger partial charge in [0.1, 0.15) is 23.6 Å². The molecule has 2 heterocycles. The molecule has 1 aliphatic heterocycles. The summed E-state index contributed by atoms with van der Waals surface area (Å²) in [5, 5.41) is 4.10. The first-order chi connectivity index (χ1) is 18.0. The lowest BCUT2D eigenvalue weighted by molar-refractivity contribution is -0.134. The number of fused-ring (bicyclic) bond motifs is 1. The second-order valence-corrected chi connectivity index (χ2v) is 10.5. The van der Waals surface area contributed by atoms with Crippen molar-refractivity contribution < 1.29 is 23.8 Å². The van der Waals surface area contributed by atoms with Gasteiger partial charge < -0.3 is 24.4 Å². The Bertz CT molecular complexity index is 1060. The summed E-state index contributed by atoms with van der Waals surface area (Å²) >= 11 is 0. The zero-order chi connectivity index (χ0) is 26.2. The number of ether oxygens (including phenoxy) is 3. The molecule has 2 aliphatic rings. The minimum absolute atomic E-state index is 0.0106. The number of methoxy groups -OCH3 is 1. The van der Waals surface area contributed by atoms with Crippen LogP contribution in [-0.4, -0.2) is 67.3 Å². The van der Waals surface area contributed by atoms with Gasteiger partial charge in [0.15, 0.2) is 5.75 Å². The van der Waals surface area contributed by atoms with Crippen LogP contribution in [0.4, 0.5) is 0 Å². The summed E-state index contributed by atoms with van der Waals surface area (Å²) in [6.07, 6.45) is 8.10. The molecule has 8 heteroatoms. The van der Waals surface area contributed by atoms with Crippen molar-refractivity contribution in [2.45, 2.75) is 77.3 Å². The number of hydrogen-bond acceptors (Lipinski definition) is 7. The van der Waals surface area contributed by atoms with Gasteiger partial charge >= 0.3 is 5.97 Å². The van der Waals surface area contributed by atoms with Crippen LogP contribution in [0.2, 0.25) is 0 Å². The van der Waals surface area contributed by atoms with Crippen LogP contribution in [0.3, 0.4) is 0 Å². The summed E-state index contributed by atoms with van der Waals surface area (Å²) in [4.78, 5) is 33.3. The Morgan fingerprint density at radius 3 is 2.62 bits per heavy atom. The van der Waals surface area contributed by atoms with Crippen molar-refractivity contribution in [3.63, 3.8) is 0 Å². The number of aromatic nitrogens is 1. The van der Waals surface area contributed by atoms with E-state index >= 15 is 0 Å². The number of nitrogens with zero attached hydrogens (tertiary/aromatic N) is 2. The van der Waals surface area contributed by atoms with E-state index in [2.05, 4.69) is 5.32 Å². The first kappa shape index (κ1) is 27.3. The maximum absolute atomic E-state index is 13.8. The van der Waals surface area contributed by atoms with Gasteiger partial charge in [0.2, 0.25) is 0 Å². The molecule has 1 N–H and O–H groups in total. The number of pyridine rings is 1. The largest absolute Gasteiger partial charge is 0.490 e. The molecule has 1 atom stereocenters. The Kier molecular flexibility index (Phi) is 9.75. The van der Waals surface area contributed by atoms with E-state index in [-0.39, 0.29) is 29.7 Å². The number of rotatable bonds is 11. The molecule has 4 rings (SSSR count). The standard InChI is InChI=1S/C29H41N3O5/c1-20(2)32(22-10-7-15-30-19-22)29(34)24-18-26(36-17-16-35-3)23-11-6-12-25(28(23)31-24)37-27(33)14-13-21-8-4-5-9-21/h6,11-12,18,20-22,30H,4-5,7-10,13-17,19H2,1-3H3/t22-/m1/s1. The van der Waals surface area contributed by atoms with Gasteiger partial charge in [-0.2, -0.15) is 0 Å². The summed E-state index contributed by atoms with van der Waals surface area (Å²) < 4.78 is 17.0. The van der Waals surface area contributed by atoms with Gasteiger partial charge in [0.25, 0.3) is 5.91 Å². The van der Waals surface area contributed by atoms with E-state index in [1.54, 1.807) is 19.2 Å². The van der Waals surface area contributed by atoms with Crippen molar-refractivity contribution in [3.05, 3.63) is 30.0 Å². The maximum atomic E-state index is 13.8. The average molecular weight is 512 g/mol. The van der Waals surface area contributed by atoms with Crippen molar-refractivity contribution in [3.8, 4) is 11.5 Å². The molecule has 8 nitrogen and oxygen atoms in total. The van der Waals surface area contributed by atoms with Crippen molar-refractivity contribution in [1.82, 2.24) is 15.2 Å². The summed E-state index contributed by atoms with van der Waals surface area (Å²) in [5.74, 6) is 1.08. The summed E-state index contributed by atoms with van der Waals surface area (Å²) in [6, 6.07) is 7.25. The third-order valence-corrected chi connectivity index (χ3v) is 7.44. The van der Waals surface area contributed by atoms with Crippen LogP contribution in [0.15, 0.2) is 24.3 Å². The number of benzene rings is 1. The number of carbonyl (C=O) groups excluding carboxylic acids is 2. The molecule has 1 saturated carbocycles. The Balaban J connectivity index is 1.64. The highest BCUT2D eigenvalue weighted by molar-refractivity contribution is 5.99. The van der Waals surface area contributed by atoms with Gasteiger partial charge in [0, 0.05) is 43.6 Å². The fraction of sp³-hybridized carbons (Fsp3) is 0.621. The van der Waals surface area contributed by atoms with E-state index in [1.165, 1.54) is 25.7 Å². The minimum Gasteiger partial charge on any atom is -0.490 e. The number of para-hydroxylation sites is 1. The second kappa shape index (κ2) is 13.2. The lowest BCUT2D eigenvalue weighted by Crippen LogP contribution is -2.51. The predicted molar refractivity (Wildman–Crippen MR) is 143 cm³/mol. The van der Waals surface area contributed by atoms with E-state index in [4.69, 9.17) is 19.2 Å². The van der Waals surface area contributed by atoms with Crippen LogP contribution in [0.25, 0.3) is 10.9 Å². The van der Waals surface area contributed by atoms with Crippen LogP contribution in [0.5, 0.6) is 11.5 Å². The lowest BCUT2D eigenvalue weighted by Gasteiger charge is -2.37. The minimum atomic E-state index is -0.267. The fourth-order valence-electron chi connectivity index (χ4n) is 5.56. The van der Waals surface area contributed by atoms with Gasteiger partial charge in [-0.15, -0.1) is 0 Å². The smallest absolute Gasteiger partial charge is 0.311 e. The Labute approximate surface area is 220 Å². The van der Waals surface area contributed by atoms with Crippen molar-refractivity contribution in [1.29, 1.82) is 0 Å². The molecule has 202 valence electrons. The van der Waals surface area contributed by atoms with Crippen molar-refractivity contribution in [2.24, 2.45) is 5.92 Å². The monoisotopic (exact) mass is 511 g/mol. The van der Waals surface area contributed by atoms with E-state index < -0.39 is 0 Å². The van der Waals surface area contributed by atoms with E-state index in [9.17, 15) is 9.59 Å². The molecular weight excluding hydrogens is 470 g/mol. The molecule has 1 aliphatic carbocycles. The maximum Gasteiger partial charge on any atom is 0.311 e. The number of nitrogens with one attached hydrogen (secondary N) is 1. The van der Waals surface area contributed by atoms with Gasteiger partial charge in [0.05, 0.1) is 6.61 Å². The molecule has 2 fully saturated rings. The Morgan fingerprint density at radius 2 is 1.92 bits per heavy atom. The number of hydrogen-bond donors (Lipinski definition) is 1. The van der Waals surface area contributed by atoms with Gasteiger partial charge in [-0.05, 0) is 57.7 Å². The summed E-state index contributed by atoms with van der Waals surface area (Å²) in [7, 11) is 1.62. The quantitative estimate of drug-likeness (QED) is 0.265. The average Bonchev–Trinajstić information content (AvgIpc) is 3.42. The number of esters is 1. The molecule has 0 spiro atoms. The normalized spacial score (nSPS) is 18.3. The topological polar surface area (TPSA) is 90.0 Å². The molecule has 0 unspecified atom stereocenters. The van der Waals surface area contributed by atoms with Gasteiger partial charge in [-0.25, -0.2) is 4.98 Å². The predicted octanol–water partition coefficient (Wildman–Crippen LogP) is 4.74. The summed E-state index contributed by atoms with van der Waals surface area (Å²) in [5.41, 5.74) is 0.745. The third kappa shape index (κ3) is 6.99.